The zero-order valence-electron chi connectivity index (χ0n) is 12.3. The molecule has 110 valence electrons. The van der Waals surface area contributed by atoms with E-state index in [2.05, 4.69) is 10.6 Å². The Labute approximate surface area is 120 Å². The fourth-order valence-corrected chi connectivity index (χ4v) is 3.00. The van der Waals surface area contributed by atoms with Crippen LogP contribution in [-0.4, -0.2) is 23.6 Å². The Morgan fingerprint density at radius 1 is 1.30 bits per heavy atom. The minimum Gasteiger partial charge on any atom is -0.506 e. The lowest BCUT2D eigenvalue weighted by Crippen LogP contribution is -2.47. The Kier molecular flexibility index (Phi) is 4.65. The van der Waals surface area contributed by atoms with Gasteiger partial charge in [0.15, 0.2) is 0 Å². The van der Waals surface area contributed by atoms with Crippen LogP contribution in [0.5, 0.6) is 5.75 Å². The number of nitrogens with one attached hydrogen (secondary N) is 2. The van der Waals surface area contributed by atoms with Gasteiger partial charge in [-0.1, -0.05) is 25.3 Å². The molecule has 1 aliphatic carbocycles. The lowest BCUT2D eigenvalue weighted by atomic mass is 9.79. The molecule has 2 rings (SSSR count). The molecule has 1 aromatic rings. The lowest BCUT2D eigenvalue weighted by molar-refractivity contribution is -0.117. The second-order valence-corrected chi connectivity index (χ2v) is 5.84. The van der Waals surface area contributed by atoms with Gasteiger partial charge in [-0.15, -0.1) is 0 Å². The maximum absolute atomic E-state index is 12.2. The number of phenolic OH excluding ortho intramolecular Hbond substituents is 1. The van der Waals surface area contributed by atoms with Crippen molar-refractivity contribution in [3.05, 3.63) is 23.8 Å². The van der Waals surface area contributed by atoms with Gasteiger partial charge in [-0.25, -0.2) is 0 Å². The maximum atomic E-state index is 12.2. The van der Waals surface area contributed by atoms with Crippen LogP contribution in [-0.2, 0) is 4.79 Å². The van der Waals surface area contributed by atoms with Gasteiger partial charge in [0.2, 0.25) is 5.91 Å². The standard InChI is InChI=1S/C16H24N2O2/c1-12-6-7-14(19)13(10-12)18-15(20)11-16(17-2)8-4-3-5-9-16/h6-7,10,17,19H,3-5,8-9,11H2,1-2H3,(H,18,20). The molecule has 0 aliphatic heterocycles. The van der Waals surface area contributed by atoms with Gasteiger partial charge >= 0.3 is 0 Å². The Bertz CT molecular complexity index is 479. The SMILES string of the molecule is CNC1(CC(=O)Nc2cc(C)ccc2O)CCCCC1. The van der Waals surface area contributed by atoms with E-state index in [9.17, 15) is 9.90 Å². The van der Waals surface area contributed by atoms with Crippen LogP contribution >= 0.6 is 0 Å². The van der Waals surface area contributed by atoms with Crippen LogP contribution in [0.1, 0.15) is 44.1 Å². The van der Waals surface area contributed by atoms with Crippen molar-refractivity contribution in [3.63, 3.8) is 0 Å². The number of hydrogen-bond acceptors (Lipinski definition) is 3. The maximum Gasteiger partial charge on any atom is 0.226 e. The first-order chi connectivity index (χ1) is 9.54. The number of phenols is 1. The second kappa shape index (κ2) is 6.27. The van der Waals surface area contributed by atoms with Gasteiger partial charge in [-0.3, -0.25) is 4.79 Å². The molecule has 0 bridgehead atoms. The predicted octanol–water partition coefficient (Wildman–Crippen LogP) is 2.95. The first-order valence-electron chi connectivity index (χ1n) is 7.33. The molecule has 0 atom stereocenters. The van der Waals surface area contributed by atoms with E-state index < -0.39 is 0 Å². The highest BCUT2D eigenvalue weighted by Gasteiger charge is 2.32. The molecule has 4 nitrogen and oxygen atoms in total. The third-order valence-corrected chi connectivity index (χ3v) is 4.27. The summed E-state index contributed by atoms with van der Waals surface area (Å²) >= 11 is 0. The summed E-state index contributed by atoms with van der Waals surface area (Å²) in [6, 6.07) is 5.22. The zero-order chi connectivity index (χ0) is 14.6. The van der Waals surface area contributed by atoms with Crippen LogP contribution in [0.3, 0.4) is 0 Å². The van der Waals surface area contributed by atoms with Crippen molar-refractivity contribution in [3.8, 4) is 5.75 Å². The summed E-state index contributed by atoms with van der Waals surface area (Å²) in [5.74, 6) is 0.0771. The third-order valence-electron chi connectivity index (χ3n) is 4.27. The number of amides is 1. The van der Waals surface area contributed by atoms with Gasteiger partial charge in [0.05, 0.1) is 5.69 Å². The fraction of sp³-hybridized carbons (Fsp3) is 0.562. The van der Waals surface area contributed by atoms with E-state index in [4.69, 9.17) is 0 Å². The van der Waals surface area contributed by atoms with Gasteiger partial charge < -0.3 is 15.7 Å². The molecule has 3 N–H and O–H groups in total. The molecule has 1 saturated carbocycles. The van der Waals surface area contributed by atoms with Gasteiger partial charge in [-0.05, 0) is 44.5 Å². The Balaban J connectivity index is 2.02. The van der Waals surface area contributed by atoms with Crippen LogP contribution in [0.15, 0.2) is 18.2 Å². The minimum atomic E-state index is -0.0816. The fourth-order valence-electron chi connectivity index (χ4n) is 3.00. The highest BCUT2D eigenvalue weighted by molar-refractivity contribution is 5.93. The number of aryl methyl sites for hydroxylation is 1. The topological polar surface area (TPSA) is 61.4 Å². The second-order valence-electron chi connectivity index (χ2n) is 5.84. The minimum absolute atomic E-state index is 0.0397. The van der Waals surface area contributed by atoms with E-state index in [-0.39, 0.29) is 17.2 Å². The predicted molar refractivity (Wildman–Crippen MR) is 81.0 cm³/mol. The average molecular weight is 276 g/mol. The molecular weight excluding hydrogens is 252 g/mol. The van der Waals surface area contributed by atoms with Crippen LogP contribution in [0, 0.1) is 6.92 Å². The van der Waals surface area contributed by atoms with Gasteiger partial charge in [-0.2, -0.15) is 0 Å². The van der Waals surface area contributed by atoms with E-state index in [0.29, 0.717) is 12.1 Å². The van der Waals surface area contributed by atoms with Crippen LogP contribution < -0.4 is 10.6 Å². The summed E-state index contributed by atoms with van der Waals surface area (Å²) in [6.45, 7) is 1.94. The zero-order valence-corrected chi connectivity index (χ0v) is 12.3. The van der Waals surface area contributed by atoms with E-state index in [1.807, 2.05) is 20.0 Å². The van der Waals surface area contributed by atoms with Crippen molar-refractivity contribution in [2.75, 3.05) is 12.4 Å². The number of carbonyl (C=O) groups excluding carboxylic acids is 1. The van der Waals surface area contributed by atoms with Crippen molar-refractivity contribution < 1.29 is 9.90 Å². The van der Waals surface area contributed by atoms with Gasteiger partial charge in [0, 0.05) is 12.0 Å². The molecule has 1 amide bonds. The monoisotopic (exact) mass is 276 g/mol. The van der Waals surface area contributed by atoms with Crippen LogP contribution in [0.2, 0.25) is 0 Å². The summed E-state index contributed by atoms with van der Waals surface area (Å²) in [4.78, 5) is 12.2. The summed E-state index contributed by atoms with van der Waals surface area (Å²) in [5, 5.41) is 15.9. The molecule has 4 heteroatoms. The summed E-state index contributed by atoms with van der Waals surface area (Å²) in [6.07, 6.45) is 6.13. The molecule has 0 heterocycles. The molecule has 1 aliphatic rings. The Hall–Kier alpha value is -1.55. The molecule has 0 aromatic heterocycles. The molecule has 1 aromatic carbocycles. The summed E-state index contributed by atoms with van der Waals surface area (Å²) in [7, 11) is 1.93. The van der Waals surface area contributed by atoms with E-state index >= 15 is 0 Å². The molecule has 0 unspecified atom stereocenters. The molecule has 1 fully saturated rings. The van der Waals surface area contributed by atoms with E-state index in [0.717, 1.165) is 18.4 Å². The number of carbonyl (C=O) groups is 1. The summed E-state index contributed by atoms with van der Waals surface area (Å²) in [5.41, 5.74) is 1.43. The van der Waals surface area contributed by atoms with Crippen molar-refractivity contribution >= 4 is 11.6 Å². The van der Waals surface area contributed by atoms with Crippen LogP contribution in [0.25, 0.3) is 0 Å². The number of benzene rings is 1. The molecule has 0 spiro atoms. The quantitative estimate of drug-likeness (QED) is 0.741. The number of hydrogen-bond donors (Lipinski definition) is 3. The summed E-state index contributed by atoms with van der Waals surface area (Å²) < 4.78 is 0. The molecular formula is C16H24N2O2. The molecule has 20 heavy (non-hydrogen) atoms. The number of rotatable bonds is 4. The highest BCUT2D eigenvalue weighted by Crippen LogP contribution is 2.31. The van der Waals surface area contributed by atoms with Crippen molar-refractivity contribution in [1.82, 2.24) is 5.32 Å². The normalized spacial score (nSPS) is 17.7. The third kappa shape index (κ3) is 3.51. The first-order valence-corrected chi connectivity index (χ1v) is 7.33. The van der Waals surface area contributed by atoms with Crippen molar-refractivity contribution in [1.29, 1.82) is 0 Å². The van der Waals surface area contributed by atoms with Crippen molar-refractivity contribution in [2.45, 2.75) is 51.0 Å². The van der Waals surface area contributed by atoms with Crippen molar-refractivity contribution in [2.24, 2.45) is 0 Å². The van der Waals surface area contributed by atoms with Gasteiger partial charge in [0.1, 0.15) is 5.75 Å². The molecule has 0 radical (unpaired) electrons. The van der Waals surface area contributed by atoms with E-state index in [1.165, 1.54) is 19.3 Å². The smallest absolute Gasteiger partial charge is 0.226 e. The lowest BCUT2D eigenvalue weighted by Gasteiger charge is -2.36. The Morgan fingerprint density at radius 2 is 2.00 bits per heavy atom. The number of aromatic hydroxyl groups is 1. The van der Waals surface area contributed by atoms with Crippen LogP contribution in [0.4, 0.5) is 5.69 Å². The Morgan fingerprint density at radius 3 is 2.65 bits per heavy atom. The first kappa shape index (κ1) is 14.9. The highest BCUT2D eigenvalue weighted by atomic mass is 16.3. The average Bonchev–Trinajstić information content (AvgIpc) is 2.44. The molecule has 0 saturated heterocycles. The van der Waals surface area contributed by atoms with Gasteiger partial charge in [0.25, 0.3) is 0 Å². The largest absolute Gasteiger partial charge is 0.506 e. The van der Waals surface area contributed by atoms with E-state index in [1.54, 1.807) is 12.1 Å². The number of anilines is 1.